The van der Waals surface area contributed by atoms with Crippen LogP contribution in [0.1, 0.15) is 54.5 Å². The van der Waals surface area contributed by atoms with Gasteiger partial charge in [-0.05, 0) is 24.3 Å². The molecule has 4 rings (SSSR count). The molecule has 0 fully saturated rings. The summed E-state index contributed by atoms with van der Waals surface area (Å²) >= 11 is 0. The van der Waals surface area contributed by atoms with Gasteiger partial charge in [0.15, 0.2) is 23.0 Å². The highest BCUT2D eigenvalue weighted by molar-refractivity contribution is 5.91. The summed E-state index contributed by atoms with van der Waals surface area (Å²) in [6.07, 6.45) is -1.79. The van der Waals surface area contributed by atoms with Gasteiger partial charge in [-0.3, -0.25) is 4.79 Å². The van der Waals surface area contributed by atoms with E-state index >= 15 is 0 Å². The predicted octanol–water partition coefficient (Wildman–Crippen LogP) is 5.89. The Hall–Kier alpha value is -4.60. The zero-order valence-electron chi connectivity index (χ0n) is 25.0. The van der Waals surface area contributed by atoms with Gasteiger partial charge >= 0.3 is 11.9 Å². The predicted molar refractivity (Wildman–Crippen MR) is 154 cm³/mol. The fourth-order valence-corrected chi connectivity index (χ4v) is 5.54. The average Bonchev–Trinajstić information content (AvgIpc) is 3.00. The number of carbonyl (C=O) groups is 2. The smallest absolute Gasteiger partial charge is 0.338 e. The number of ether oxygens (including phenoxy) is 7. The molecule has 0 aromatic heterocycles. The van der Waals surface area contributed by atoms with Gasteiger partial charge in [0, 0.05) is 41.0 Å². The van der Waals surface area contributed by atoms with Crippen LogP contribution in [0.3, 0.4) is 0 Å². The van der Waals surface area contributed by atoms with Crippen LogP contribution in [-0.4, -0.2) is 52.6 Å². The van der Waals surface area contributed by atoms with Crippen LogP contribution in [0.15, 0.2) is 42.5 Å². The van der Waals surface area contributed by atoms with E-state index in [1.807, 2.05) is 13.8 Å². The van der Waals surface area contributed by atoms with Crippen molar-refractivity contribution in [1.29, 1.82) is 0 Å². The SMILES string of the molecule is COc1cc2c(c(O)c1OC)-c1c(cc(OC)c(OC)c1OC)C(OC(C)=O)C(C)C(C)C2OC(=O)c1ccccc1. The van der Waals surface area contributed by atoms with Crippen LogP contribution >= 0.6 is 0 Å². The van der Waals surface area contributed by atoms with Gasteiger partial charge in [0.05, 0.1) is 41.1 Å². The van der Waals surface area contributed by atoms with Gasteiger partial charge in [-0.2, -0.15) is 0 Å². The van der Waals surface area contributed by atoms with Crippen molar-refractivity contribution in [2.45, 2.75) is 33.0 Å². The van der Waals surface area contributed by atoms with Crippen molar-refractivity contribution in [1.82, 2.24) is 0 Å². The summed E-state index contributed by atoms with van der Waals surface area (Å²) in [5, 5.41) is 11.8. The number of phenols is 1. The Kier molecular flexibility index (Phi) is 9.04. The fraction of sp³-hybridized carbons (Fsp3) is 0.375. The van der Waals surface area contributed by atoms with Gasteiger partial charge in [0.25, 0.3) is 0 Å². The zero-order chi connectivity index (χ0) is 30.7. The number of fused-ring (bicyclic) bond motifs is 3. The Morgan fingerprint density at radius 2 is 1.17 bits per heavy atom. The molecule has 0 saturated heterocycles. The van der Waals surface area contributed by atoms with E-state index in [9.17, 15) is 14.7 Å². The summed E-state index contributed by atoms with van der Waals surface area (Å²) in [7, 11) is 7.25. The molecule has 0 saturated carbocycles. The molecule has 0 spiro atoms. The molecule has 0 radical (unpaired) electrons. The number of hydrogen-bond acceptors (Lipinski definition) is 10. The molecule has 0 bridgehead atoms. The van der Waals surface area contributed by atoms with E-state index in [1.54, 1.807) is 42.5 Å². The molecule has 224 valence electrons. The van der Waals surface area contributed by atoms with Gasteiger partial charge in [-0.25, -0.2) is 4.79 Å². The maximum absolute atomic E-state index is 13.5. The monoisotopic (exact) mass is 580 g/mol. The van der Waals surface area contributed by atoms with Crippen LogP contribution in [0.25, 0.3) is 11.1 Å². The maximum atomic E-state index is 13.5. The lowest BCUT2D eigenvalue weighted by molar-refractivity contribution is -0.151. The summed E-state index contributed by atoms with van der Waals surface area (Å²) in [6, 6.07) is 12.0. The van der Waals surface area contributed by atoms with Gasteiger partial charge in [-0.1, -0.05) is 32.0 Å². The second-order valence-corrected chi connectivity index (χ2v) is 9.97. The van der Waals surface area contributed by atoms with Crippen molar-refractivity contribution in [3.8, 4) is 45.6 Å². The third-order valence-corrected chi connectivity index (χ3v) is 7.72. The molecule has 42 heavy (non-hydrogen) atoms. The summed E-state index contributed by atoms with van der Waals surface area (Å²) in [6.45, 7) is 5.12. The second-order valence-electron chi connectivity index (χ2n) is 9.97. The first-order chi connectivity index (χ1) is 20.1. The molecule has 1 aliphatic carbocycles. The van der Waals surface area contributed by atoms with Gasteiger partial charge in [0.2, 0.25) is 11.5 Å². The van der Waals surface area contributed by atoms with E-state index in [1.165, 1.54) is 42.5 Å². The number of carbonyl (C=O) groups excluding carboxylic acids is 2. The Bertz CT molecular complexity index is 1470. The quantitative estimate of drug-likeness (QED) is 0.323. The lowest BCUT2D eigenvalue weighted by atomic mass is 9.74. The van der Waals surface area contributed by atoms with E-state index in [0.29, 0.717) is 28.0 Å². The third-order valence-electron chi connectivity index (χ3n) is 7.72. The van der Waals surface area contributed by atoms with Crippen molar-refractivity contribution in [3.63, 3.8) is 0 Å². The third kappa shape index (κ3) is 5.24. The highest BCUT2D eigenvalue weighted by atomic mass is 16.6. The minimum Gasteiger partial charge on any atom is -0.504 e. The van der Waals surface area contributed by atoms with E-state index in [0.717, 1.165) is 0 Å². The fourth-order valence-electron chi connectivity index (χ4n) is 5.54. The Balaban J connectivity index is 2.17. The standard InChI is InChI=1S/C32H36O10/c1-16-17(2)28(42-32(35)19-12-10-9-11-13-19)20-14-22(36-4)29(38-6)26(34)24(20)25-21(27(16)41-18(3)33)15-23(37-5)30(39-7)31(25)40-8/h9-17,27-28,34H,1-8H3. The van der Waals surface area contributed by atoms with E-state index in [4.69, 9.17) is 33.2 Å². The largest absolute Gasteiger partial charge is 0.504 e. The minimum absolute atomic E-state index is 0.0532. The molecule has 1 N–H and O–H groups in total. The summed E-state index contributed by atoms with van der Waals surface area (Å²) in [4.78, 5) is 25.9. The van der Waals surface area contributed by atoms with Crippen LogP contribution in [-0.2, 0) is 14.3 Å². The number of hydrogen-bond donors (Lipinski definition) is 1. The maximum Gasteiger partial charge on any atom is 0.338 e. The summed E-state index contributed by atoms with van der Waals surface area (Å²) in [5.41, 5.74) is 1.88. The number of aromatic hydroxyl groups is 1. The molecule has 4 unspecified atom stereocenters. The molecule has 10 heteroatoms. The molecular formula is C32H36O10. The van der Waals surface area contributed by atoms with Crippen molar-refractivity contribution in [2.75, 3.05) is 35.5 Å². The van der Waals surface area contributed by atoms with Gasteiger partial charge in [0.1, 0.15) is 12.2 Å². The summed E-state index contributed by atoms with van der Waals surface area (Å²) < 4.78 is 40.5. The second kappa shape index (κ2) is 12.5. The van der Waals surface area contributed by atoms with Crippen LogP contribution in [0.4, 0.5) is 0 Å². The van der Waals surface area contributed by atoms with E-state index in [-0.39, 0.29) is 34.3 Å². The van der Waals surface area contributed by atoms with Crippen molar-refractivity contribution >= 4 is 11.9 Å². The first-order valence-corrected chi connectivity index (χ1v) is 13.4. The van der Waals surface area contributed by atoms with Crippen molar-refractivity contribution in [2.24, 2.45) is 11.8 Å². The molecular weight excluding hydrogens is 544 g/mol. The van der Waals surface area contributed by atoms with Crippen molar-refractivity contribution < 1.29 is 47.9 Å². The molecule has 4 atom stereocenters. The van der Waals surface area contributed by atoms with Crippen LogP contribution in [0.5, 0.6) is 34.5 Å². The number of methoxy groups -OCH3 is 5. The molecule has 0 heterocycles. The van der Waals surface area contributed by atoms with Gasteiger partial charge in [-0.15, -0.1) is 0 Å². The normalized spacial score (nSPS) is 19.2. The summed E-state index contributed by atoms with van der Waals surface area (Å²) in [5.74, 6) is -1.15. The zero-order valence-corrected chi connectivity index (χ0v) is 25.0. The lowest BCUT2D eigenvalue weighted by Crippen LogP contribution is -2.31. The molecule has 0 amide bonds. The van der Waals surface area contributed by atoms with E-state index in [2.05, 4.69) is 0 Å². The Morgan fingerprint density at radius 3 is 1.67 bits per heavy atom. The first kappa shape index (κ1) is 30.4. The van der Waals surface area contributed by atoms with Crippen LogP contribution < -0.4 is 23.7 Å². The molecule has 0 aliphatic heterocycles. The number of benzene rings is 3. The van der Waals surface area contributed by atoms with Crippen LogP contribution in [0, 0.1) is 11.8 Å². The minimum atomic E-state index is -0.933. The number of phenolic OH excluding ortho intramolecular Hbond substituents is 1. The number of rotatable bonds is 8. The number of esters is 2. The highest BCUT2D eigenvalue weighted by Crippen LogP contribution is 2.59. The van der Waals surface area contributed by atoms with Crippen LogP contribution in [0.2, 0.25) is 0 Å². The molecule has 3 aromatic rings. The Labute approximate surface area is 245 Å². The highest BCUT2D eigenvalue weighted by Gasteiger charge is 2.43. The Morgan fingerprint density at radius 1 is 0.667 bits per heavy atom. The first-order valence-electron chi connectivity index (χ1n) is 13.4. The van der Waals surface area contributed by atoms with E-state index < -0.39 is 36.0 Å². The average molecular weight is 581 g/mol. The van der Waals surface area contributed by atoms with Crippen molar-refractivity contribution in [3.05, 3.63) is 59.2 Å². The lowest BCUT2D eigenvalue weighted by Gasteiger charge is -2.38. The molecule has 10 nitrogen and oxygen atoms in total. The van der Waals surface area contributed by atoms with Gasteiger partial charge < -0.3 is 38.3 Å². The molecule has 1 aliphatic rings. The topological polar surface area (TPSA) is 119 Å². The molecule has 3 aromatic carbocycles.